The van der Waals surface area contributed by atoms with Crippen LogP contribution in [-0.4, -0.2) is 0 Å². The van der Waals surface area contributed by atoms with Crippen LogP contribution in [0.15, 0.2) is 157 Å². The van der Waals surface area contributed by atoms with Crippen molar-refractivity contribution in [2.24, 2.45) is 0 Å². The SMILES string of the molecule is [2H]c1c([2H])c(-c2c([2H])c([2H])c3c([2H])c([2H])c([2H])c([2H])c3c2[2H])c([2H])c([2H])c1Cc1c2c([2H])c([2H])c([2H])c([2H])c2c(Cc2c([2H])c([2H])c([2H])c3c([2H])c([2H])c([2H])c([2H])c23)c2c([2H])c([2H])c([2H])c([2H])c12. The molecule has 0 heterocycles. The molecular weight excluding hydrogens is 504 g/mol. The van der Waals surface area contributed by atoms with Crippen molar-refractivity contribution < 1.29 is 35.6 Å². The van der Waals surface area contributed by atoms with Crippen LogP contribution in [0.4, 0.5) is 0 Å². The summed E-state index contributed by atoms with van der Waals surface area (Å²) in [4.78, 5) is 0. The lowest BCUT2D eigenvalue weighted by molar-refractivity contribution is 1.22. The molecule has 0 unspecified atom stereocenters. The largest absolute Gasteiger partial charge is 0.0636 e. The van der Waals surface area contributed by atoms with Crippen LogP contribution in [0.25, 0.3) is 54.2 Å². The second-order valence-electron chi connectivity index (χ2n) is 9.27. The lowest BCUT2D eigenvalue weighted by Crippen LogP contribution is -1.99. The quantitative estimate of drug-likeness (QED) is 0.184. The van der Waals surface area contributed by atoms with E-state index in [1.54, 1.807) is 0 Å². The van der Waals surface area contributed by atoms with E-state index in [0.29, 0.717) is 0 Å². The molecule has 0 spiro atoms. The van der Waals surface area contributed by atoms with Gasteiger partial charge in [0.2, 0.25) is 0 Å². The molecule has 42 heavy (non-hydrogen) atoms. The highest BCUT2D eigenvalue weighted by atomic mass is 14.2. The summed E-state index contributed by atoms with van der Waals surface area (Å²) in [5.41, 5.74) is -2.87. The maximum absolute atomic E-state index is 9.23. The minimum atomic E-state index is -0.903. The van der Waals surface area contributed by atoms with E-state index in [9.17, 15) is 8.22 Å². The maximum atomic E-state index is 9.23. The van der Waals surface area contributed by atoms with Gasteiger partial charge in [-0.2, -0.15) is 0 Å². The van der Waals surface area contributed by atoms with Crippen LogP contribution in [-0.2, 0) is 12.8 Å². The fraction of sp³-hybridized carbons (Fsp3) is 0.0476. The van der Waals surface area contributed by atoms with Crippen LogP contribution >= 0.6 is 0 Å². The summed E-state index contributed by atoms with van der Waals surface area (Å²) in [6.45, 7) is 0. The lowest BCUT2D eigenvalue weighted by Gasteiger charge is -2.18. The fourth-order valence-corrected chi connectivity index (χ4v) is 4.94. The van der Waals surface area contributed by atoms with Crippen molar-refractivity contribution in [2.75, 3.05) is 0 Å². The minimum Gasteiger partial charge on any atom is -0.0616 e. The Morgan fingerprint density at radius 1 is 0.357 bits per heavy atom. The predicted molar refractivity (Wildman–Crippen MR) is 180 cm³/mol. The molecule has 0 aliphatic rings. The molecule has 0 aliphatic heterocycles. The summed E-state index contributed by atoms with van der Waals surface area (Å²) in [6.07, 6.45) is -1.60. The van der Waals surface area contributed by atoms with Gasteiger partial charge in [0.1, 0.15) is 0 Å². The molecule has 0 saturated carbocycles. The summed E-state index contributed by atoms with van der Waals surface area (Å²) in [5, 5.41) is -3.57. The number of fused-ring (bicyclic) bond motifs is 4. The molecule has 0 radical (unpaired) electrons. The highest BCUT2D eigenvalue weighted by molar-refractivity contribution is 6.06. The van der Waals surface area contributed by atoms with Crippen LogP contribution in [0.5, 0.6) is 0 Å². The molecular formula is C42H30. The van der Waals surface area contributed by atoms with Gasteiger partial charge in [-0.25, -0.2) is 0 Å². The zero-order chi connectivity index (χ0) is 50.5. The van der Waals surface area contributed by atoms with E-state index < -0.39 is 230 Å². The maximum Gasteiger partial charge on any atom is 0.0636 e. The van der Waals surface area contributed by atoms with E-state index in [1.807, 2.05) is 0 Å². The first kappa shape index (κ1) is 9.68. The molecule has 0 bridgehead atoms. The van der Waals surface area contributed by atoms with Gasteiger partial charge in [-0.15, -0.1) is 0 Å². The summed E-state index contributed by atoms with van der Waals surface area (Å²) >= 11 is 0. The van der Waals surface area contributed by atoms with Crippen LogP contribution in [0.1, 0.15) is 57.9 Å². The fourth-order valence-electron chi connectivity index (χ4n) is 4.94. The number of hydrogen-bond donors (Lipinski definition) is 0. The third-order valence-corrected chi connectivity index (χ3v) is 6.86. The zero-order valence-corrected chi connectivity index (χ0v) is 21.4. The molecule has 0 fully saturated rings. The Labute approximate surface area is 283 Å². The molecule has 8 rings (SSSR count). The smallest absolute Gasteiger partial charge is 0.0616 e. The molecule has 8 aromatic carbocycles. The number of hydrogen-bond acceptors (Lipinski definition) is 0. The first-order valence-corrected chi connectivity index (χ1v) is 12.7. The summed E-state index contributed by atoms with van der Waals surface area (Å²) < 4.78 is 228. The van der Waals surface area contributed by atoms with Crippen LogP contribution in [0.2, 0.25) is 0 Å². The van der Waals surface area contributed by atoms with Gasteiger partial charge >= 0.3 is 0 Å². The van der Waals surface area contributed by atoms with E-state index in [1.165, 1.54) is 0 Å². The van der Waals surface area contributed by atoms with Gasteiger partial charge in [0, 0.05) is 0 Å². The summed E-state index contributed by atoms with van der Waals surface area (Å²) in [6, 6.07) is -20.6. The Kier molecular flexibility index (Phi) is 2.38. The molecule has 0 N–H and O–H groups in total. The summed E-state index contributed by atoms with van der Waals surface area (Å²) in [7, 11) is 0. The second kappa shape index (κ2) is 10.3. The highest BCUT2D eigenvalue weighted by Crippen LogP contribution is 2.37. The molecule has 0 amide bonds. The van der Waals surface area contributed by atoms with Crippen LogP contribution < -0.4 is 0 Å². The van der Waals surface area contributed by atoms with Crippen LogP contribution in [0, 0.1) is 0 Å². The second-order valence-corrected chi connectivity index (χ2v) is 9.27. The van der Waals surface area contributed by atoms with Gasteiger partial charge < -0.3 is 0 Å². The van der Waals surface area contributed by atoms with E-state index in [4.69, 9.17) is 27.4 Å². The molecule has 0 saturated heterocycles. The molecule has 0 atom stereocenters. The van der Waals surface area contributed by atoms with Crippen LogP contribution in [0.3, 0.4) is 0 Å². The minimum absolute atomic E-state index is 0.307. The van der Waals surface area contributed by atoms with Crippen molar-refractivity contribution in [2.45, 2.75) is 12.8 Å². The van der Waals surface area contributed by atoms with Crippen molar-refractivity contribution in [1.82, 2.24) is 0 Å². The zero-order valence-electron chi connectivity index (χ0n) is 47.4. The van der Waals surface area contributed by atoms with Gasteiger partial charge in [0.15, 0.2) is 0 Å². The predicted octanol–water partition coefficient (Wildman–Crippen LogP) is 11.1. The monoisotopic (exact) mass is 560 g/mol. The number of rotatable bonds is 5. The van der Waals surface area contributed by atoms with Crippen molar-refractivity contribution >= 4 is 43.1 Å². The molecule has 8 aromatic rings. The average Bonchev–Trinajstić information content (AvgIpc) is 3.30. The molecule has 0 aliphatic carbocycles. The lowest BCUT2D eigenvalue weighted by atomic mass is 9.86. The third kappa shape index (κ3) is 4.33. The van der Waals surface area contributed by atoms with Gasteiger partial charge in [-0.3, -0.25) is 0 Å². The van der Waals surface area contributed by atoms with Gasteiger partial charge in [0.05, 0.1) is 35.6 Å². The van der Waals surface area contributed by atoms with Gasteiger partial charge in [0.25, 0.3) is 0 Å². The van der Waals surface area contributed by atoms with Crippen molar-refractivity contribution in [1.29, 1.82) is 0 Å². The van der Waals surface area contributed by atoms with Crippen molar-refractivity contribution in [3.63, 3.8) is 0 Å². The highest BCUT2D eigenvalue weighted by Gasteiger charge is 2.15. The topological polar surface area (TPSA) is 0 Å². The Balaban J connectivity index is 1.51. The van der Waals surface area contributed by atoms with E-state index in [0.717, 1.165) is 0 Å². The van der Waals surface area contributed by atoms with Crippen molar-refractivity contribution in [3.8, 4) is 11.1 Å². The Morgan fingerprint density at radius 3 is 1.52 bits per heavy atom. The van der Waals surface area contributed by atoms with E-state index in [2.05, 4.69) is 0 Å². The normalized spacial score (nSPS) is 20.2. The number of benzene rings is 8. The summed E-state index contributed by atoms with van der Waals surface area (Å²) in [5.74, 6) is 0. The molecule has 0 aromatic heterocycles. The Bertz CT molecular complexity index is 3570. The van der Waals surface area contributed by atoms with Gasteiger partial charge in [-0.05, 0) is 95.4 Å². The first-order valence-electron chi connectivity index (χ1n) is 25.7. The first-order chi connectivity index (χ1) is 31.6. The molecule has 0 heteroatoms. The standard InChI is InChI=1S/C42H30/c1-2-12-33-27-34(25-24-30(33)10-1)31-22-20-29(21-23-31)26-41-37-16-5-7-18-39(37)42(40-19-8-6-17-38(40)41)28-35-14-9-13-32-11-3-4-15-36(32)35/h1-25,27H,26,28H2/i1D,2D,3D,4D,5D,6D,7D,8D,9D,10D,11D,12D,13D,14D,15D,16D,17D,18D,19D,20D,21D,22D,23D,24D,25D,27D. The van der Waals surface area contributed by atoms with Crippen molar-refractivity contribution in [3.05, 3.63) is 179 Å². The average molecular weight is 561 g/mol. The van der Waals surface area contributed by atoms with Gasteiger partial charge in [-0.1, -0.05) is 151 Å². The third-order valence-electron chi connectivity index (χ3n) is 6.86. The Morgan fingerprint density at radius 2 is 0.857 bits per heavy atom. The Hall–Kier alpha value is -5.20. The molecule has 0 nitrogen and oxygen atoms in total. The molecule has 198 valence electrons. The van der Waals surface area contributed by atoms with E-state index in [-0.39, 0.29) is 16.7 Å². The van der Waals surface area contributed by atoms with E-state index >= 15 is 0 Å².